The normalized spacial score (nSPS) is 23.4. The molecule has 1 spiro atoms. The summed E-state index contributed by atoms with van der Waals surface area (Å²) in [6.07, 6.45) is 9.65. The molecule has 0 N–H and O–H groups in total. The van der Waals surface area contributed by atoms with Gasteiger partial charge in [0.25, 0.3) is 0 Å². The Hall–Kier alpha value is -0.930. The van der Waals surface area contributed by atoms with E-state index in [0.717, 1.165) is 13.2 Å². The Morgan fingerprint density at radius 1 is 1.37 bits per heavy atom. The number of pyridine rings is 1. The average Bonchev–Trinajstić information content (AvgIpc) is 2.41. The van der Waals surface area contributed by atoms with Crippen LogP contribution >= 0.6 is 0 Å². The van der Waals surface area contributed by atoms with Gasteiger partial charge in [-0.05, 0) is 62.7 Å². The second kappa shape index (κ2) is 5.59. The maximum absolute atomic E-state index is 5.71. The third kappa shape index (κ3) is 2.98. The maximum Gasteiger partial charge on any atom is 0.0585 e. The first-order valence-corrected chi connectivity index (χ1v) is 7.52. The number of piperidine rings is 1. The molecule has 1 saturated carbocycles. The smallest absolute Gasteiger partial charge is 0.0585 e. The van der Waals surface area contributed by atoms with Crippen molar-refractivity contribution in [1.82, 2.24) is 9.88 Å². The molecular weight excluding hydrogens is 236 g/mol. The topological polar surface area (TPSA) is 25.4 Å². The number of hydrogen-bond donors (Lipinski definition) is 0. The van der Waals surface area contributed by atoms with E-state index in [-0.39, 0.29) is 0 Å². The fourth-order valence-electron chi connectivity index (χ4n) is 3.60. The Balaban J connectivity index is 1.46. The van der Waals surface area contributed by atoms with Gasteiger partial charge in [-0.3, -0.25) is 9.88 Å². The van der Waals surface area contributed by atoms with Gasteiger partial charge in [-0.25, -0.2) is 0 Å². The molecule has 2 aliphatic rings. The fraction of sp³-hybridized carbons (Fsp3) is 0.688. The number of nitrogens with zero attached hydrogens (tertiary/aromatic N) is 2. The molecule has 1 aliphatic carbocycles. The highest BCUT2D eigenvalue weighted by Gasteiger charge is 2.46. The number of likely N-dealkylation sites (tertiary alicyclic amines) is 1. The van der Waals surface area contributed by atoms with Gasteiger partial charge in [0.1, 0.15) is 0 Å². The molecule has 0 aromatic carbocycles. The minimum absolute atomic E-state index is 0.551. The predicted octanol–water partition coefficient (Wildman–Crippen LogP) is 2.86. The van der Waals surface area contributed by atoms with Crippen LogP contribution in [-0.4, -0.2) is 35.7 Å². The summed E-state index contributed by atoms with van der Waals surface area (Å²) < 4.78 is 5.71. The first-order chi connectivity index (χ1) is 9.30. The van der Waals surface area contributed by atoms with E-state index in [9.17, 15) is 0 Å². The molecule has 0 unspecified atom stereocenters. The van der Waals surface area contributed by atoms with Crippen LogP contribution in [0.25, 0.3) is 0 Å². The zero-order chi connectivity index (χ0) is 13.1. The van der Waals surface area contributed by atoms with Gasteiger partial charge in [0, 0.05) is 25.5 Å². The zero-order valence-corrected chi connectivity index (χ0v) is 11.8. The lowest BCUT2D eigenvalue weighted by atomic mass is 9.61. The number of ether oxygens (including phenoxy) is 1. The quantitative estimate of drug-likeness (QED) is 0.832. The Labute approximate surface area is 116 Å². The minimum atomic E-state index is 0.551. The molecule has 0 amide bonds. The predicted molar refractivity (Wildman–Crippen MR) is 75.8 cm³/mol. The van der Waals surface area contributed by atoms with Crippen LogP contribution in [0, 0.1) is 5.41 Å². The first kappa shape index (κ1) is 13.1. The SMILES string of the molecule is CCOC1CC2(CCN(Cc3cccnc3)CC2)C1. The van der Waals surface area contributed by atoms with Crippen LogP contribution in [0.4, 0.5) is 0 Å². The monoisotopic (exact) mass is 260 g/mol. The molecule has 2 heterocycles. The summed E-state index contributed by atoms with van der Waals surface area (Å²) in [5, 5.41) is 0. The van der Waals surface area contributed by atoms with Gasteiger partial charge < -0.3 is 4.74 Å². The van der Waals surface area contributed by atoms with Crippen molar-refractivity contribution < 1.29 is 4.74 Å². The molecule has 1 aromatic rings. The van der Waals surface area contributed by atoms with Crippen LogP contribution in [0.15, 0.2) is 24.5 Å². The van der Waals surface area contributed by atoms with Gasteiger partial charge in [0.05, 0.1) is 6.10 Å². The molecular formula is C16H24N2O. The van der Waals surface area contributed by atoms with E-state index in [1.54, 1.807) is 0 Å². The van der Waals surface area contributed by atoms with E-state index in [4.69, 9.17) is 4.74 Å². The van der Waals surface area contributed by atoms with E-state index in [1.165, 1.54) is 44.3 Å². The summed E-state index contributed by atoms with van der Waals surface area (Å²) >= 11 is 0. The standard InChI is InChI=1S/C16H24N2O/c1-2-19-15-10-16(11-15)5-8-18(9-6-16)13-14-4-3-7-17-12-14/h3-4,7,12,15H,2,5-6,8-11,13H2,1H3. The van der Waals surface area contributed by atoms with Gasteiger partial charge in [-0.15, -0.1) is 0 Å². The molecule has 0 atom stereocenters. The Morgan fingerprint density at radius 2 is 2.16 bits per heavy atom. The van der Waals surface area contributed by atoms with E-state index in [2.05, 4.69) is 22.9 Å². The molecule has 3 heteroatoms. The van der Waals surface area contributed by atoms with Crippen LogP contribution in [-0.2, 0) is 11.3 Å². The highest BCUT2D eigenvalue weighted by Crippen LogP contribution is 2.50. The Bertz CT molecular complexity index is 390. The zero-order valence-electron chi connectivity index (χ0n) is 11.8. The summed E-state index contributed by atoms with van der Waals surface area (Å²) in [5.41, 5.74) is 1.95. The van der Waals surface area contributed by atoms with Crippen LogP contribution in [0.2, 0.25) is 0 Å². The molecule has 0 radical (unpaired) electrons. The lowest BCUT2D eigenvalue weighted by Gasteiger charge is -2.52. The van der Waals surface area contributed by atoms with Crippen LogP contribution in [0.1, 0.15) is 38.2 Å². The molecule has 1 aliphatic heterocycles. The van der Waals surface area contributed by atoms with Crippen molar-refractivity contribution in [3.63, 3.8) is 0 Å². The third-order valence-electron chi connectivity index (χ3n) is 4.77. The van der Waals surface area contributed by atoms with E-state index < -0.39 is 0 Å². The first-order valence-electron chi connectivity index (χ1n) is 7.52. The number of rotatable bonds is 4. The molecule has 3 rings (SSSR count). The van der Waals surface area contributed by atoms with Gasteiger partial charge in [-0.1, -0.05) is 6.07 Å². The number of hydrogen-bond acceptors (Lipinski definition) is 3. The van der Waals surface area contributed by atoms with Crippen LogP contribution in [0.5, 0.6) is 0 Å². The van der Waals surface area contributed by atoms with E-state index >= 15 is 0 Å². The molecule has 19 heavy (non-hydrogen) atoms. The third-order valence-corrected chi connectivity index (χ3v) is 4.77. The molecule has 3 nitrogen and oxygen atoms in total. The van der Waals surface area contributed by atoms with Gasteiger partial charge in [-0.2, -0.15) is 0 Å². The highest BCUT2D eigenvalue weighted by molar-refractivity contribution is 5.08. The summed E-state index contributed by atoms with van der Waals surface area (Å²) in [6, 6.07) is 4.20. The lowest BCUT2D eigenvalue weighted by Crippen LogP contribution is -2.49. The largest absolute Gasteiger partial charge is 0.378 e. The van der Waals surface area contributed by atoms with Crippen molar-refractivity contribution in [2.24, 2.45) is 5.41 Å². The van der Waals surface area contributed by atoms with Crippen molar-refractivity contribution in [3.8, 4) is 0 Å². The van der Waals surface area contributed by atoms with E-state index in [0.29, 0.717) is 11.5 Å². The number of aromatic nitrogens is 1. The van der Waals surface area contributed by atoms with Crippen LogP contribution < -0.4 is 0 Å². The van der Waals surface area contributed by atoms with Crippen molar-refractivity contribution in [3.05, 3.63) is 30.1 Å². The molecule has 0 bridgehead atoms. The van der Waals surface area contributed by atoms with Crippen molar-refractivity contribution in [2.45, 2.75) is 45.3 Å². The average molecular weight is 260 g/mol. The molecule has 1 saturated heterocycles. The summed E-state index contributed by atoms with van der Waals surface area (Å²) in [6.45, 7) is 6.48. The Kier molecular flexibility index (Phi) is 3.85. The van der Waals surface area contributed by atoms with Gasteiger partial charge in [0.2, 0.25) is 0 Å². The minimum Gasteiger partial charge on any atom is -0.378 e. The fourth-order valence-corrected chi connectivity index (χ4v) is 3.60. The lowest BCUT2D eigenvalue weighted by molar-refractivity contribution is -0.102. The van der Waals surface area contributed by atoms with Crippen molar-refractivity contribution >= 4 is 0 Å². The van der Waals surface area contributed by atoms with Crippen LogP contribution in [0.3, 0.4) is 0 Å². The maximum atomic E-state index is 5.71. The van der Waals surface area contributed by atoms with Crippen molar-refractivity contribution in [1.29, 1.82) is 0 Å². The van der Waals surface area contributed by atoms with Gasteiger partial charge >= 0.3 is 0 Å². The molecule has 2 fully saturated rings. The van der Waals surface area contributed by atoms with Gasteiger partial charge in [0.15, 0.2) is 0 Å². The molecule has 1 aromatic heterocycles. The second-order valence-electron chi connectivity index (χ2n) is 6.12. The Morgan fingerprint density at radius 3 is 2.79 bits per heavy atom. The summed E-state index contributed by atoms with van der Waals surface area (Å²) in [4.78, 5) is 6.76. The highest BCUT2D eigenvalue weighted by atomic mass is 16.5. The molecule has 104 valence electrons. The second-order valence-corrected chi connectivity index (χ2v) is 6.12. The summed E-state index contributed by atoms with van der Waals surface area (Å²) in [7, 11) is 0. The van der Waals surface area contributed by atoms with E-state index in [1.807, 2.05) is 18.5 Å². The van der Waals surface area contributed by atoms with Crippen molar-refractivity contribution in [2.75, 3.05) is 19.7 Å². The summed E-state index contributed by atoms with van der Waals surface area (Å²) in [5.74, 6) is 0.